The van der Waals surface area contributed by atoms with E-state index in [2.05, 4.69) is 20.4 Å². The first-order valence-electron chi connectivity index (χ1n) is 9.95. The standard InChI is InChI=1S/C18H31N7O2/c1-14(2)25(11-10-22(3)17(26)12-24-13-19-20-21-24)18(27)15-6-8-23(9-7-15)16-4-5-16/h13-16H,4-12H2,1-3H3. The Morgan fingerprint density at radius 1 is 1.15 bits per heavy atom. The summed E-state index contributed by atoms with van der Waals surface area (Å²) in [6, 6.07) is 0.907. The Bertz CT molecular complexity index is 622. The van der Waals surface area contributed by atoms with Gasteiger partial charge in [-0.25, -0.2) is 4.68 Å². The Labute approximate surface area is 160 Å². The Morgan fingerprint density at radius 3 is 2.41 bits per heavy atom. The molecule has 0 aromatic carbocycles. The van der Waals surface area contributed by atoms with Gasteiger partial charge in [-0.3, -0.25) is 9.59 Å². The highest BCUT2D eigenvalue weighted by atomic mass is 16.2. The minimum atomic E-state index is -0.0730. The number of piperidine rings is 1. The quantitative estimate of drug-likeness (QED) is 0.645. The van der Waals surface area contributed by atoms with Crippen molar-refractivity contribution in [2.45, 2.75) is 58.2 Å². The van der Waals surface area contributed by atoms with Crippen LogP contribution in [-0.4, -0.2) is 92.0 Å². The van der Waals surface area contributed by atoms with Crippen LogP contribution in [-0.2, 0) is 16.1 Å². The van der Waals surface area contributed by atoms with Crippen LogP contribution in [0, 0.1) is 5.92 Å². The predicted molar refractivity (Wildman–Crippen MR) is 99.6 cm³/mol. The zero-order valence-electron chi connectivity index (χ0n) is 16.6. The maximum absolute atomic E-state index is 13.0. The molecule has 9 nitrogen and oxygen atoms in total. The molecular weight excluding hydrogens is 346 g/mol. The molecule has 2 heterocycles. The Balaban J connectivity index is 1.47. The van der Waals surface area contributed by atoms with Crippen LogP contribution in [0.5, 0.6) is 0 Å². The number of hydrogen-bond acceptors (Lipinski definition) is 6. The fraction of sp³-hybridized carbons (Fsp3) is 0.833. The number of likely N-dealkylation sites (N-methyl/N-ethyl adjacent to an activating group) is 1. The Hall–Kier alpha value is -2.03. The van der Waals surface area contributed by atoms with Crippen LogP contribution in [0.3, 0.4) is 0 Å². The largest absolute Gasteiger partial charge is 0.342 e. The second kappa shape index (κ2) is 8.77. The van der Waals surface area contributed by atoms with E-state index in [1.807, 2.05) is 18.7 Å². The normalized spacial score (nSPS) is 18.7. The number of carbonyl (C=O) groups is 2. The number of aromatic nitrogens is 4. The summed E-state index contributed by atoms with van der Waals surface area (Å²) in [4.78, 5) is 31.4. The molecule has 1 aliphatic heterocycles. The monoisotopic (exact) mass is 377 g/mol. The molecule has 0 N–H and O–H groups in total. The van der Waals surface area contributed by atoms with Gasteiger partial charge in [-0.2, -0.15) is 0 Å². The van der Waals surface area contributed by atoms with Crippen LogP contribution >= 0.6 is 0 Å². The molecule has 1 saturated heterocycles. The van der Waals surface area contributed by atoms with Gasteiger partial charge in [-0.1, -0.05) is 0 Å². The molecule has 2 amide bonds. The van der Waals surface area contributed by atoms with Gasteiger partial charge < -0.3 is 14.7 Å². The van der Waals surface area contributed by atoms with E-state index in [0.717, 1.165) is 32.0 Å². The third kappa shape index (κ3) is 5.24. The van der Waals surface area contributed by atoms with E-state index in [0.29, 0.717) is 13.1 Å². The van der Waals surface area contributed by atoms with Crippen LogP contribution < -0.4 is 0 Å². The molecule has 0 radical (unpaired) electrons. The van der Waals surface area contributed by atoms with Crippen LogP contribution in [0.1, 0.15) is 39.5 Å². The van der Waals surface area contributed by atoms with Crippen molar-refractivity contribution in [1.82, 2.24) is 34.9 Å². The van der Waals surface area contributed by atoms with Gasteiger partial charge in [0.15, 0.2) is 0 Å². The number of rotatable bonds is 8. The van der Waals surface area contributed by atoms with E-state index in [1.165, 1.54) is 23.9 Å². The first kappa shape index (κ1) is 19.7. The zero-order valence-corrected chi connectivity index (χ0v) is 16.6. The third-order valence-corrected chi connectivity index (χ3v) is 5.64. The first-order valence-corrected chi connectivity index (χ1v) is 9.95. The summed E-state index contributed by atoms with van der Waals surface area (Å²) < 4.78 is 1.40. The molecule has 1 aromatic heterocycles. The second-order valence-corrected chi connectivity index (χ2v) is 7.99. The number of carbonyl (C=O) groups excluding carboxylic acids is 2. The maximum Gasteiger partial charge on any atom is 0.244 e. The van der Waals surface area contributed by atoms with Crippen molar-refractivity contribution >= 4 is 11.8 Å². The minimum absolute atomic E-state index is 0.0730. The van der Waals surface area contributed by atoms with Gasteiger partial charge in [-0.05, 0) is 63.0 Å². The topological polar surface area (TPSA) is 87.5 Å². The van der Waals surface area contributed by atoms with Crippen molar-refractivity contribution in [2.24, 2.45) is 5.92 Å². The lowest BCUT2D eigenvalue weighted by atomic mass is 9.94. The van der Waals surface area contributed by atoms with Crippen molar-refractivity contribution in [1.29, 1.82) is 0 Å². The number of nitrogens with zero attached hydrogens (tertiary/aromatic N) is 7. The number of amides is 2. The molecule has 150 valence electrons. The van der Waals surface area contributed by atoms with E-state index >= 15 is 0 Å². The highest BCUT2D eigenvalue weighted by Crippen LogP contribution is 2.31. The molecule has 9 heteroatoms. The average molecular weight is 377 g/mol. The van der Waals surface area contributed by atoms with Gasteiger partial charge in [0.05, 0.1) is 0 Å². The molecule has 0 atom stereocenters. The van der Waals surface area contributed by atoms with Crippen molar-refractivity contribution in [3.63, 3.8) is 0 Å². The SMILES string of the molecule is CC(C)N(CCN(C)C(=O)Cn1cnnn1)C(=O)C1CCN(C2CC2)CC1. The van der Waals surface area contributed by atoms with E-state index < -0.39 is 0 Å². The molecule has 1 aromatic rings. The maximum atomic E-state index is 13.0. The first-order chi connectivity index (χ1) is 13.0. The van der Waals surface area contributed by atoms with Crippen molar-refractivity contribution in [2.75, 3.05) is 33.2 Å². The van der Waals surface area contributed by atoms with Gasteiger partial charge in [-0.15, -0.1) is 5.10 Å². The van der Waals surface area contributed by atoms with E-state index in [4.69, 9.17) is 0 Å². The van der Waals surface area contributed by atoms with E-state index in [-0.39, 0.29) is 30.3 Å². The molecule has 0 spiro atoms. The number of hydrogen-bond donors (Lipinski definition) is 0. The Morgan fingerprint density at radius 2 is 1.85 bits per heavy atom. The summed E-state index contributed by atoms with van der Waals surface area (Å²) in [7, 11) is 1.75. The molecule has 0 bridgehead atoms. The Kier molecular flexibility index (Phi) is 6.41. The van der Waals surface area contributed by atoms with Crippen LogP contribution in [0.2, 0.25) is 0 Å². The molecule has 1 aliphatic carbocycles. The number of tetrazole rings is 1. The zero-order chi connectivity index (χ0) is 19.4. The lowest BCUT2D eigenvalue weighted by molar-refractivity contribution is -0.140. The predicted octanol–water partition coefficient (Wildman–Crippen LogP) is 0.243. The lowest BCUT2D eigenvalue weighted by Gasteiger charge is -2.36. The molecule has 2 aliphatic rings. The van der Waals surface area contributed by atoms with Gasteiger partial charge in [0.1, 0.15) is 12.9 Å². The average Bonchev–Trinajstić information content (AvgIpc) is 3.38. The summed E-state index contributed by atoms with van der Waals surface area (Å²) in [6.07, 6.45) is 5.96. The van der Waals surface area contributed by atoms with E-state index in [9.17, 15) is 9.59 Å². The summed E-state index contributed by atoms with van der Waals surface area (Å²) in [6.45, 7) is 7.33. The summed E-state index contributed by atoms with van der Waals surface area (Å²) in [5.41, 5.74) is 0. The highest BCUT2D eigenvalue weighted by molar-refractivity contribution is 5.79. The lowest BCUT2D eigenvalue weighted by Crippen LogP contribution is -2.48. The summed E-state index contributed by atoms with van der Waals surface area (Å²) in [5, 5.41) is 10.8. The molecule has 3 rings (SSSR count). The highest BCUT2D eigenvalue weighted by Gasteiger charge is 2.35. The fourth-order valence-corrected chi connectivity index (χ4v) is 3.70. The van der Waals surface area contributed by atoms with Gasteiger partial charge in [0, 0.05) is 38.1 Å². The molecular formula is C18H31N7O2. The van der Waals surface area contributed by atoms with E-state index in [1.54, 1.807) is 11.9 Å². The second-order valence-electron chi connectivity index (χ2n) is 7.99. The smallest absolute Gasteiger partial charge is 0.244 e. The fourth-order valence-electron chi connectivity index (χ4n) is 3.70. The van der Waals surface area contributed by atoms with Gasteiger partial charge in [0.2, 0.25) is 11.8 Å². The van der Waals surface area contributed by atoms with Crippen LogP contribution in [0.4, 0.5) is 0 Å². The van der Waals surface area contributed by atoms with Crippen molar-refractivity contribution < 1.29 is 9.59 Å². The summed E-state index contributed by atoms with van der Waals surface area (Å²) >= 11 is 0. The number of likely N-dealkylation sites (tertiary alicyclic amines) is 1. The van der Waals surface area contributed by atoms with Crippen LogP contribution in [0.15, 0.2) is 6.33 Å². The van der Waals surface area contributed by atoms with Crippen molar-refractivity contribution in [3.05, 3.63) is 6.33 Å². The van der Waals surface area contributed by atoms with Gasteiger partial charge >= 0.3 is 0 Å². The summed E-state index contributed by atoms with van der Waals surface area (Å²) in [5.74, 6) is 0.280. The third-order valence-electron chi connectivity index (χ3n) is 5.64. The molecule has 1 saturated carbocycles. The molecule has 2 fully saturated rings. The molecule has 0 unspecified atom stereocenters. The minimum Gasteiger partial charge on any atom is -0.342 e. The van der Waals surface area contributed by atoms with Gasteiger partial charge in [0.25, 0.3) is 0 Å². The van der Waals surface area contributed by atoms with Crippen LogP contribution in [0.25, 0.3) is 0 Å². The van der Waals surface area contributed by atoms with Crippen molar-refractivity contribution in [3.8, 4) is 0 Å². The molecule has 27 heavy (non-hydrogen) atoms.